The lowest BCUT2D eigenvalue weighted by molar-refractivity contribution is 0.183. The van der Waals surface area contributed by atoms with Crippen LogP contribution in [0.3, 0.4) is 0 Å². The Labute approximate surface area is 99.4 Å². The molecule has 2 aromatic rings. The molecule has 2 N–H and O–H groups in total. The minimum absolute atomic E-state index is 0.569. The predicted octanol–water partition coefficient (Wildman–Crippen LogP) is 0.877. The second-order valence-corrected chi connectivity index (χ2v) is 3.74. The fourth-order valence-corrected chi connectivity index (χ4v) is 1.62. The number of rotatable bonds is 4. The fourth-order valence-electron chi connectivity index (χ4n) is 1.62. The molecule has 0 amide bonds. The first-order valence-corrected chi connectivity index (χ1v) is 5.34. The van der Waals surface area contributed by atoms with Gasteiger partial charge in [0.2, 0.25) is 0 Å². The van der Waals surface area contributed by atoms with E-state index >= 15 is 0 Å². The highest BCUT2D eigenvalue weighted by molar-refractivity contribution is 5.67. The molecular weight excluding hydrogens is 218 g/mol. The van der Waals surface area contributed by atoms with Crippen molar-refractivity contribution in [2.24, 2.45) is 0 Å². The zero-order valence-corrected chi connectivity index (χ0v) is 9.92. The van der Waals surface area contributed by atoms with Crippen LogP contribution in [-0.2, 0) is 11.3 Å². The van der Waals surface area contributed by atoms with E-state index in [0.717, 1.165) is 16.8 Å². The van der Waals surface area contributed by atoms with Crippen molar-refractivity contribution >= 4 is 5.69 Å². The number of benzene rings is 1. The molecule has 0 aliphatic carbocycles. The van der Waals surface area contributed by atoms with E-state index in [1.54, 1.807) is 11.8 Å². The summed E-state index contributed by atoms with van der Waals surface area (Å²) in [6.45, 7) is 3.15. The summed E-state index contributed by atoms with van der Waals surface area (Å²) in [5.74, 6) is 0.715. The van der Waals surface area contributed by atoms with E-state index in [1.807, 2.05) is 25.1 Å². The number of nitrogen functional groups attached to an aromatic ring is 1. The van der Waals surface area contributed by atoms with Gasteiger partial charge >= 0.3 is 0 Å². The third-order valence-corrected chi connectivity index (χ3v) is 2.66. The number of nitrogens with zero attached hydrogens (tertiary/aromatic N) is 4. The Balaban J connectivity index is 2.39. The van der Waals surface area contributed by atoms with Crippen molar-refractivity contribution in [2.75, 3.05) is 19.5 Å². The molecule has 0 saturated carbocycles. The average Bonchev–Trinajstić information content (AvgIpc) is 2.78. The van der Waals surface area contributed by atoms with E-state index in [4.69, 9.17) is 10.5 Å². The molecule has 0 saturated heterocycles. The van der Waals surface area contributed by atoms with E-state index in [1.165, 1.54) is 0 Å². The highest BCUT2D eigenvalue weighted by atomic mass is 16.5. The van der Waals surface area contributed by atoms with Crippen LogP contribution in [0, 0.1) is 6.92 Å². The molecule has 2 rings (SSSR count). The molecule has 0 aliphatic heterocycles. The van der Waals surface area contributed by atoms with Crippen molar-refractivity contribution < 1.29 is 4.74 Å². The van der Waals surface area contributed by atoms with Crippen molar-refractivity contribution in [1.82, 2.24) is 20.2 Å². The van der Waals surface area contributed by atoms with Crippen LogP contribution in [0.5, 0.6) is 0 Å². The lowest BCUT2D eigenvalue weighted by atomic mass is 10.1. The summed E-state index contributed by atoms with van der Waals surface area (Å²) in [5, 5.41) is 11.7. The number of methoxy groups -OCH3 is 1. The van der Waals surface area contributed by atoms with E-state index in [2.05, 4.69) is 15.5 Å². The molecule has 1 heterocycles. The number of anilines is 1. The van der Waals surface area contributed by atoms with Gasteiger partial charge in [0.05, 0.1) is 13.2 Å². The van der Waals surface area contributed by atoms with E-state index in [-0.39, 0.29) is 0 Å². The summed E-state index contributed by atoms with van der Waals surface area (Å²) in [4.78, 5) is 0. The van der Waals surface area contributed by atoms with Crippen LogP contribution < -0.4 is 5.73 Å². The number of hydrogen-bond donors (Lipinski definition) is 1. The van der Waals surface area contributed by atoms with Gasteiger partial charge in [-0.25, -0.2) is 4.68 Å². The highest BCUT2D eigenvalue weighted by Crippen LogP contribution is 2.24. The highest BCUT2D eigenvalue weighted by Gasteiger charge is 2.12. The maximum Gasteiger partial charge on any atom is 0.182 e. The van der Waals surface area contributed by atoms with Gasteiger partial charge in [-0.1, -0.05) is 12.1 Å². The minimum Gasteiger partial charge on any atom is -0.398 e. The summed E-state index contributed by atoms with van der Waals surface area (Å²) in [7, 11) is 1.65. The second kappa shape index (κ2) is 4.92. The van der Waals surface area contributed by atoms with Crippen molar-refractivity contribution in [3.8, 4) is 11.4 Å². The molecule has 1 aromatic carbocycles. The van der Waals surface area contributed by atoms with Crippen LogP contribution in [0.2, 0.25) is 0 Å². The molecule has 0 fully saturated rings. The molecule has 6 nitrogen and oxygen atoms in total. The molecule has 0 bridgehead atoms. The number of ether oxygens (including phenoxy) is 1. The van der Waals surface area contributed by atoms with Crippen LogP contribution in [0.1, 0.15) is 5.56 Å². The Bertz CT molecular complexity index is 508. The van der Waals surface area contributed by atoms with Gasteiger partial charge in [0.15, 0.2) is 5.82 Å². The third kappa shape index (κ3) is 2.26. The fraction of sp³-hybridized carbons (Fsp3) is 0.364. The minimum atomic E-state index is 0.569. The second-order valence-electron chi connectivity index (χ2n) is 3.74. The lowest BCUT2D eigenvalue weighted by Gasteiger charge is -2.08. The molecule has 0 aliphatic rings. The summed E-state index contributed by atoms with van der Waals surface area (Å²) in [6, 6.07) is 5.72. The maximum atomic E-state index is 5.87. The Morgan fingerprint density at radius 1 is 1.41 bits per heavy atom. The zero-order valence-electron chi connectivity index (χ0n) is 9.92. The Hall–Kier alpha value is -1.95. The Morgan fingerprint density at radius 3 is 3.00 bits per heavy atom. The smallest absolute Gasteiger partial charge is 0.182 e. The molecular formula is C11H15N5O. The van der Waals surface area contributed by atoms with Crippen LogP contribution in [0.4, 0.5) is 5.69 Å². The lowest BCUT2D eigenvalue weighted by Crippen LogP contribution is -2.08. The van der Waals surface area contributed by atoms with E-state index in [0.29, 0.717) is 19.0 Å². The average molecular weight is 233 g/mol. The first-order chi connectivity index (χ1) is 8.24. The van der Waals surface area contributed by atoms with E-state index in [9.17, 15) is 0 Å². The van der Waals surface area contributed by atoms with Crippen molar-refractivity contribution in [3.05, 3.63) is 23.8 Å². The van der Waals surface area contributed by atoms with Gasteiger partial charge in [-0.2, -0.15) is 0 Å². The monoisotopic (exact) mass is 233 g/mol. The van der Waals surface area contributed by atoms with E-state index < -0.39 is 0 Å². The van der Waals surface area contributed by atoms with Gasteiger partial charge in [0.1, 0.15) is 0 Å². The van der Waals surface area contributed by atoms with Gasteiger partial charge in [-0.3, -0.25) is 0 Å². The Morgan fingerprint density at radius 2 is 2.24 bits per heavy atom. The van der Waals surface area contributed by atoms with Crippen molar-refractivity contribution in [3.63, 3.8) is 0 Å². The maximum absolute atomic E-state index is 5.87. The standard InChI is InChI=1S/C11H15N5O/c1-8-9(4-3-5-10(8)12)11-13-14-15-16(11)6-7-17-2/h3-5H,6-7,12H2,1-2H3. The van der Waals surface area contributed by atoms with Gasteiger partial charge in [0.25, 0.3) is 0 Å². The summed E-state index contributed by atoms with van der Waals surface area (Å²) in [5.41, 5.74) is 8.55. The normalized spacial score (nSPS) is 10.7. The van der Waals surface area contributed by atoms with Gasteiger partial charge in [-0.15, -0.1) is 5.10 Å². The molecule has 0 atom stereocenters. The molecule has 90 valence electrons. The SMILES string of the molecule is COCCn1nnnc1-c1cccc(N)c1C. The Kier molecular flexibility index (Phi) is 3.34. The molecule has 0 spiro atoms. The largest absolute Gasteiger partial charge is 0.398 e. The predicted molar refractivity (Wildman–Crippen MR) is 64.3 cm³/mol. The van der Waals surface area contributed by atoms with Gasteiger partial charge in [0, 0.05) is 18.4 Å². The van der Waals surface area contributed by atoms with Gasteiger partial charge in [-0.05, 0) is 29.0 Å². The quantitative estimate of drug-likeness (QED) is 0.793. The first kappa shape index (κ1) is 11.5. The summed E-state index contributed by atoms with van der Waals surface area (Å²) < 4.78 is 6.73. The molecule has 0 radical (unpaired) electrons. The molecule has 17 heavy (non-hydrogen) atoms. The van der Waals surface area contributed by atoms with Crippen molar-refractivity contribution in [1.29, 1.82) is 0 Å². The topological polar surface area (TPSA) is 78.8 Å². The first-order valence-electron chi connectivity index (χ1n) is 5.34. The molecule has 1 aromatic heterocycles. The van der Waals surface area contributed by atoms with Crippen LogP contribution in [0.25, 0.3) is 11.4 Å². The van der Waals surface area contributed by atoms with Crippen LogP contribution in [0.15, 0.2) is 18.2 Å². The zero-order chi connectivity index (χ0) is 12.3. The number of tetrazole rings is 1. The van der Waals surface area contributed by atoms with Crippen LogP contribution >= 0.6 is 0 Å². The molecule has 0 unspecified atom stereocenters. The third-order valence-electron chi connectivity index (χ3n) is 2.66. The molecule has 6 heteroatoms. The van der Waals surface area contributed by atoms with Crippen molar-refractivity contribution in [2.45, 2.75) is 13.5 Å². The number of hydrogen-bond acceptors (Lipinski definition) is 5. The number of aromatic nitrogens is 4. The summed E-state index contributed by atoms with van der Waals surface area (Å²) >= 11 is 0. The van der Waals surface area contributed by atoms with Crippen LogP contribution in [-0.4, -0.2) is 33.9 Å². The van der Waals surface area contributed by atoms with Gasteiger partial charge < -0.3 is 10.5 Å². The number of nitrogens with two attached hydrogens (primary N) is 1. The summed E-state index contributed by atoms with van der Waals surface area (Å²) in [6.07, 6.45) is 0.